The van der Waals surface area contributed by atoms with E-state index in [1.807, 2.05) is 0 Å². The molecule has 0 radical (unpaired) electrons. The fourth-order valence-electron chi connectivity index (χ4n) is 1.72. The van der Waals surface area contributed by atoms with Crippen LogP contribution in [0, 0.1) is 0 Å². The van der Waals surface area contributed by atoms with Crippen molar-refractivity contribution in [1.82, 2.24) is 15.6 Å². The number of amides is 2. The molecule has 1 aromatic heterocycles. The smallest absolute Gasteiger partial charge is 0.407 e. The number of carbonyl (C=O) groups excluding carboxylic acids is 3. The van der Waals surface area contributed by atoms with Crippen molar-refractivity contribution in [3.63, 3.8) is 0 Å². The molecule has 0 spiro atoms. The van der Waals surface area contributed by atoms with Gasteiger partial charge in [-0.15, -0.1) is 0 Å². The van der Waals surface area contributed by atoms with E-state index in [1.165, 1.54) is 19.3 Å². The third-order valence-electron chi connectivity index (χ3n) is 2.79. The number of nitrogens with one attached hydrogen (secondary N) is 2. The molecule has 0 fully saturated rings. The van der Waals surface area contributed by atoms with Gasteiger partial charge < -0.3 is 20.1 Å². The van der Waals surface area contributed by atoms with E-state index in [0.29, 0.717) is 5.69 Å². The summed E-state index contributed by atoms with van der Waals surface area (Å²) in [5, 5.41) is 4.99. The first-order chi connectivity index (χ1) is 11.7. The average molecular weight is 349 g/mol. The van der Waals surface area contributed by atoms with Gasteiger partial charge in [-0.3, -0.25) is 4.79 Å². The van der Waals surface area contributed by atoms with Crippen LogP contribution in [0.3, 0.4) is 0 Å². The van der Waals surface area contributed by atoms with Crippen LogP contribution in [0.5, 0.6) is 0 Å². The number of ether oxygens (including phenoxy) is 2. The number of pyridine rings is 1. The Hall–Kier alpha value is -2.90. The summed E-state index contributed by atoms with van der Waals surface area (Å²) in [6.45, 7) is 6.98. The van der Waals surface area contributed by atoms with Crippen molar-refractivity contribution in [2.24, 2.45) is 0 Å². The standard InChI is InChI=1S/C17H23N3O5/c1-6-12(15(22)24-5)20-14(21)13-9-7-8-11(19-13)10-18-16(23)25-17(2,3)4/h6-9H,10H2,1-5H3,(H,18,23)(H,20,21)/b12-6+. The van der Waals surface area contributed by atoms with Gasteiger partial charge in [0.15, 0.2) is 0 Å². The first-order valence-electron chi connectivity index (χ1n) is 7.65. The van der Waals surface area contributed by atoms with E-state index in [9.17, 15) is 14.4 Å². The van der Waals surface area contributed by atoms with Gasteiger partial charge in [0, 0.05) is 0 Å². The van der Waals surface area contributed by atoms with Crippen LogP contribution in [-0.2, 0) is 20.8 Å². The van der Waals surface area contributed by atoms with Gasteiger partial charge >= 0.3 is 12.1 Å². The van der Waals surface area contributed by atoms with Crippen LogP contribution in [0.1, 0.15) is 43.9 Å². The maximum absolute atomic E-state index is 12.2. The van der Waals surface area contributed by atoms with Gasteiger partial charge in [-0.1, -0.05) is 12.1 Å². The minimum atomic E-state index is -0.654. The summed E-state index contributed by atoms with van der Waals surface area (Å²) in [6.07, 6.45) is 0.850. The lowest BCUT2D eigenvalue weighted by molar-refractivity contribution is -0.136. The van der Waals surface area contributed by atoms with E-state index in [1.54, 1.807) is 39.8 Å². The van der Waals surface area contributed by atoms with Crippen LogP contribution in [0.15, 0.2) is 30.0 Å². The molecule has 1 aromatic rings. The Labute approximate surface area is 146 Å². The fourth-order valence-corrected chi connectivity index (χ4v) is 1.72. The lowest BCUT2D eigenvalue weighted by Gasteiger charge is -2.19. The quantitative estimate of drug-likeness (QED) is 0.621. The molecule has 2 amide bonds. The molecule has 8 nitrogen and oxygen atoms in total. The van der Waals surface area contributed by atoms with Crippen molar-refractivity contribution >= 4 is 18.0 Å². The van der Waals surface area contributed by atoms with E-state index in [2.05, 4.69) is 20.4 Å². The summed E-state index contributed by atoms with van der Waals surface area (Å²) in [5.41, 5.74) is -0.00679. The molecule has 0 saturated heterocycles. The van der Waals surface area contributed by atoms with Crippen LogP contribution >= 0.6 is 0 Å². The molecule has 25 heavy (non-hydrogen) atoms. The lowest BCUT2D eigenvalue weighted by Crippen LogP contribution is -2.32. The first kappa shape index (κ1) is 20.1. The molecule has 8 heteroatoms. The zero-order valence-electron chi connectivity index (χ0n) is 15.0. The van der Waals surface area contributed by atoms with E-state index >= 15 is 0 Å². The zero-order chi connectivity index (χ0) is 19.0. The van der Waals surface area contributed by atoms with Crippen LogP contribution in [-0.4, -0.2) is 35.7 Å². The molecule has 136 valence electrons. The molecule has 0 aromatic carbocycles. The molecular weight excluding hydrogens is 326 g/mol. The van der Waals surface area contributed by atoms with E-state index in [-0.39, 0.29) is 17.9 Å². The number of aromatic nitrogens is 1. The van der Waals surface area contributed by atoms with Gasteiger partial charge in [0.05, 0.1) is 19.3 Å². The lowest BCUT2D eigenvalue weighted by atomic mass is 10.2. The number of hydrogen-bond acceptors (Lipinski definition) is 6. The van der Waals surface area contributed by atoms with Gasteiger partial charge in [-0.25, -0.2) is 14.6 Å². The number of esters is 1. The Bertz CT molecular complexity index is 677. The Kier molecular flexibility index (Phi) is 7.10. The predicted octanol–water partition coefficient (Wildman–Crippen LogP) is 1.91. The molecule has 0 saturated carbocycles. The van der Waals surface area contributed by atoms with Crippen molar-refractivity contribution < 1.29 is 23.9 Å². The van der Waals surface area contributed by atoms with Gasteiger partial charge in [-0.2, -0.15) is 0 Å². The molecule has 0 aliphatic carbocycles. The second kappa shape index (κ2) is 8.81. The summed E-state index contributed by atoms with van der Waals surface area (Å²) < 4.78 is 9.69. The molecule has 0 unspecified atom stereocenters. The molecule has 2 N–H and O–H groups in total. The molecule has 0 aliphatic rings. The number of carbonyl (C=O) groups is 3. The SMILES string of the molecule is C/C=C(/NC(=O)c1cccc(CNC(=O)OC(C)(C)C)n1)C(=O)OC. The van der Waals surface area contributed by atoms with Crippen molar-refractivity contribution in [2.75, 3.05) is 7.11 Å². The number of hydrogen-bond donors (Lipinski definition) is 2. The molecule has 1 rings (SSSR count). The summed E-state index contributed by atoms with van der Waals surface area (Å²) in [5.74, 6) is -1.21. The highest BCUT2D eigenvalue weighted by Crippen LogP contribution is 2.07. The monoisotopic (exact) mass is 349 g/mol. The second-order valence-electron chi connectivity index (χ2n) is 6.02. The minimum Gasteiger partial charge on any atom is -0.464 e. The van der Waals surface area contributed by atoms with Crippen LogP contribution in [0.25, 0.3) is 0 Å². The summed E-state index contributed by atoms with van der Waals surface area (Å²) in [6, 6.07) is 4.78. The van der Waals surface area contributed by atoms with E-state index in [4.69, 9.17) is 4.74 Å². The van der Waals surface area contributed by atoms with Crippen molar-refractivity contribution in [1.29, 1.82) is 0 Å². The predicted molar refractivity (Wildman–Crippen MR) is 90.5 cm³/mol. The largest absolute Gasteiger partial charge is 0.464 e. The molecule has 0 atom stereocenters. The fraction of sp³-hybridized carbons (Fsp3) is 0.412. The van der Waals surface area contributed by atoms with Crippen molar-refractivity contribution in [2.45, 2.75) is 39.8 Å². The number of alkyl carbamates (subject to hydrolysis) is 1. The first-order valence-corrected chi connectivity index (χ1v) is 7.65. The Balaban J connectivity index is 2.73. The van der Waals surface area contributed by atoms with Gasteiger partial charge in [0.1, 0.15) is 17.0 Å². The van der Waals surface area contributed by atoms with E-state index < -0.39 is 23.6 Å². The van der Waals surface area contributed by atoms with Crippen LogP contribution < -0.4 is 10.6 Å². The highest BCUT2D eigenvalue weighted by atomic mass is 16.6. The Morgan fingerprint density at radius 1 is 1.24 bits per heavy atom. The third-order valence-corrected chi connectivity index (χ3v) is 2.79. The van der Waals surface area contributed by atoms with Gasteiger partial charge in [-0.05, 0) is 39.8 Å². The normalized spacial score (nSPS) is 11.5. The second-order valence-corrected chi connectivity index (χ2v) is 6.02. The Morgan fingerprint density at radius 2 is 1.92 bits per heavy atom. The van der Waals surface area contributed by atoms with Crippen molar-refractivity contribution in [3.8, 4) is 0 Å². The number of methoxy groups -OCH3 is 1. The van der Waals surface area contributed by atoms with Crippen LogP contribution in [0.2, 0.25) is 0 Å². The van der Waals surface area contributed by atoms with Crippen LogP contribution in [0.4, 0.5) is 4.79 Å². The molecular formula is C17H23N3O5. The van der Waals surface area contributed by atoms with E-state index in [0.717, 1.165) is 0 Å². The number of allylic oxidation sites excluding steroid dienone is 1. The molecule has 0 bridgehead atoms. The highest BCUT2D eigenvalue weighted by Gasteiger charge is 2.17. The Morgan fingerprint density at radius 3 is 2.48 bits per heavy atom. The number of rotatable bonds is 5. The van der Waals surface area contributed by atoms with Crippen molar-refractivity contribution in [3.05, 3.63) is 41.4 Å². The summed E-state index contributed by atoms with van der Waals surface area (Å²) in [7, 11) is 1.22. The maximum atomic E-state index is 12.2. The maximum Gasteiger partial charge on any atom is 0.407 e. The third kappa shape index (κ3) is 7.03. The summed E-state index contributed by atoms with van der Waals surface area (Å²) in [4.78, 5) is 39.5. The zero-order valence-corrected chi connectivity index (χ0v) is 15.0. The molecule has 1 heterocycles. The average Bonchev–Trinajstić information content (AvgIpc) is 2.55. The van der Waals surface area contributed by atoms with Gasteiger partial charge in [0.2, 0.25) is 0 Å². The summed E-state index contributed by atoms with van der Waals surface area (Å²) >= 11 is 0. The minimum absolute atomic E-state index is 0.0200. The topological polar surface area (TPSA) is 107 Å². The molecule has 0 aliphatic heterocycles. The van der Waals surface area contributed by atoms with Gasteiger partial charge in [0.25, 0.3) is 5.91 Å². The number of nitrogens with zero attached hydrogens (tertiary/aromatic N) is 1. The highest BCUT2D eigenvalue weighted by molar-refractivity contribution is 5.99.